The molecule has 0 aliphatic carbocycles. The van der Waals surface area contributed by atoms with Crippen LogP contribution < -0.4 is 10.3 Å². The average molecular weight is 414 g/mol. The van der Waals surface area contributed by atoms with E-state index in [1.807, 2.05) is 32.3 Å². The summed E-state index contributed by atoms with van der Waals surface area (Å²) in [6.07, 6.45) is 3.44. The summed E-state index contributed by atoms with van der Waals surface area (Å²) in [6.45, 7) is 9.16. The van der Waals surface area contributed by atoms with E-state index in [2.05, 4.69) is 9.97 Å². The van der Waals surface area contributed by atoms with Gasteiger partial charge in [-0.15, -0.1) is 0 Å². The van der Waals surface area contributed by atoms with E-state index < -0.39 is 5.60 Å². The second kappa shape index (κ2) is 8.79. The molecule has 0 atom stereocenters. The Bertz CT molecular complexity index is 1070. The minimum Gasteiger partial charge on any atom is -0.490 e. The molecule has 0 saturated heterocycles. The van der Waals surface area contributed by atoms with Crippen LogP contribution >= 0.6 is 0 Å². The predicted octanol–water partition coefficient (Wildman–Crippen LogP) is 3.59. The van der Waals surface area contributed by atoms with Crippen LogP contribution in [-0.2, 0) is 23.4 Å². The van der Waals surface area contributed by atoms with Gasteiger partial charge in [0.1, 0.15) is 28.6 Å². The van der Waals surface area contributed by atoms with E-state index >= 15 is 0 Å². The van der Waals surface area contributed by atoms with Gasteiger partial charge in [-0.2, -0.15) is 0 Å². The SMILES string of the molecule is CC.COc1c(-c2cn(Cc3ccc(F)cc3)cn2)nc2n(c1=O)CCOC2(C)C. The highest BCUT2D eigenvalue weighted by Crippen LogP contribution is 2.31. The van der Waals surface area contributed by atoms with Crippen molar-refractivity contribution in [2.24, 2.45) is 0 Å². The molecule has 0 unspecified atom stereocenters. The number of aromatic nitrogens is 4. The van der Waals surface area contributed by atoms with E-state index in [9.17, 15) is 9.18 Å². The van der Waals surface area contributed by atoms with Crippen LogP contribution in [0.1, 0.15) is 39.1 Å². The molecular formula is C22H27FN4O3. The molecule has 3 aromatic rings. The molecule has 1 aromatic carbocycles. The van der Waals surface area contributed by atoms with Crippen molar-refractivity contribution in [3.05, 3.63) is 64.3 Å². The maximum Gasteiger partial charge on any atom is 0.296 e. The molecule has 2 aromatic heterocycles. The van der Waals surface area contributed by atoms with Gasteiger partial charge in [0.15, 0.2) is 0 Å². The zero-order chi connectivity index (χ0) is 21.9. The topological polar surface area (TPSA) is 71.2 Å². The standard InChI is InChI=1S/C20H21FN4O3.C2H6/c1-20(2)19-23-16(17(27-3)18(26)25(19)8-9-28-20)15-11-24(12-22-15)10-13-4-6-14(21)7-5-13;1-2/h4-7,11-12H,8-10H2,1-3H3;1-2H3. The van der Waals surface area contributed by atoms with Crippen LogP contribution in [0.4, 0.5) is 4.39 Å². The second-order valence-corrected chi connectivity index (χ2v) is 7.19. The van der Waals surface area contributed by atoms with Crippen molar-refractivity contribution in [3.8, 4) is 17.1 Å². The van der Waals surface area contributed by atoms with E-state index in [-0.39, 0.29) is 17.1 Å². The Balaban J connectivity index is 0.00000124. The minimum atomic E-state index is -0.685. The summed E-state index contributed by atoms with van der Waals surface area (Å²) in [6, 6.07) is 6.28. The minimum absolute atomic E-state index is 0.161. The zero-order valence-electron chi connectivity index (χ0n) is 18.0. The van der Waals surface area contributed by atoms with Crippen molar-refractivity contribution < 1.29 is 13.9 Å². The highest BCUT2D eigenvalue weighted by molar-refractivity contribution is 5.61. The third-order valence-electron chi connectivity index (χ3n) is 4.80. The number of benzene rings is 1. The first kappa shape index (κ1) is 21.7. The van der Waals surface area contributed by atoms with Crippen molar-refractivity contribution in [1.29, 1.82) is 0 Å². The molecule has 3 heterocycles. The molecule has 0 fully saturated rings. The predicted molar refractivity (Wildman–Crippen MR) is 112 cm³/mol. The monoisotopic (exact) mass is 414 g/mol. The average Bonchev–Trinajstić information content (AvgIpc) is 3.20. The van der Waals surface area contributed by atoms with E-state index in [0.29, 0.717) is 36.9 Å². The van der Waals surface area contributed by atoms with E-state index in [0.717, 1.165) is 5.56 Å². The van der Waals surface area contributed by atoms with Crippen LogP contribution in [0, 0.1) is 5.82 Å². The first-order chi connectivity index (χ1) is 14.4. The van der Waals surface area contributed by atoms with Crippen molar-refractivity contribution in [2.75, 3.05) is 13.7 Å². The lowest BCUT2D eigenvalue weighted by Gasteiger charge is -2.32. The Hall–Kier alpha value is -3.00. The molecule has 8 heteroatoms. The molecule has 7 nitrogen and oxygen atoms in total. The number of halogens is 1. The molecule has 0 spiro atoms. The molecule has 0 amide bonds. The molecule has 1 aliphatic heterocycles. The van der Waals surface area contributed by atoms with Gasteiger partial charge in [-0.1, -0.05) is 26.0 Å². The molecule has 30 heavy (non-hydrogen) atoms. The molecule has 0 radical (unpaired) electrons. The van der Waals surface area contributed by atoms with Crippen molar-refractivity contribution in [2.45, 2.75) is 46.4 Å². The van der Waals surface area contributed by atoms with Crippen LogP contribution in [0.15, 0.2) is 41.6 Å². The maximum atomic E-state index is 13.1. The Morgan fingerprint density at radius 2 is 1.93 bits per heavy atom. The lowest BCUT2D eigenvalue weighted by Crippen LogP contribution is -2.41. The fourth-order valence-electron chi connectivity index (χ4n) is 3.39. The number of nitrogens with zero attached hydrogens (tertiary/aromatic N) is 4. The summed E-state index contributed by atoms with van der Waals surface area (Å²) in [5.74, 6) is 0.435. The van der Waals surface area contributed by atoms with Gasteiger partial charge in [0.2, 0.25) is 5.75 Å². The first-order valence-corrected chi connectivity index (χ1v) is 9.99. The number of rotatable bonds is 4. The number of hydrogen-bond acceptors (Lipinski definition) is 5. The number of imidazole rings is 1. The van der Waals surface area contributed by atoms with Crippen LogP contribution in [0.2, 0.25) is 0 Å². The van der Waals surface area contributed by atoms with E-state index in [1.54, 1.807) is 29.2 Å². The third-order valence-corrected chi connectivity index (χ3v) is 4.80. The Morgan fingerprint density at radius 3 is 2.60 bits per heavy atom. The summed E-state index contributed by atoms with van der Waals surface area (Å²) in [4.78, 5) is 22.0. The summed E-state index contributed by atoms with van der Waals surface area (Å²) in [5.41, 5.74) is 0.919. The van der Waals surface area contributed by atoms with E-state index in [4.69, 9.17) is 9.47 Å². The lowest BCUT2D eigenvalue weighted by atomic mass is 10.1. The molecular weight excluding hydrogens is 387 g/mol. The van der Waals surface area contributed by atoms with Crippen LogP contribution in [-0.4, -0.2) is 32.8 Å². The molecule has 0 saturated carbocycles. The summed E-state index contributed by atoms with van der Waals surface area (Å²) in [5, 5.41) is 0. The normalized spacial score (nSPS) is 14.5. The van der Waals surface area contributed by atoms with Crippen LogP contribution in [0.3, 0.4) is 0 Å². The summed E-state index contributed by atoms with van der Waals surface area (Å²) < 4.78 is 27.7. The van der Waals surface area contributed by atoms with Crippen molar-refractivity contribution in [3.63, 3.8) is 0 Å². The maximum absolute atomic E-state index is 13.1. The molecule has 4 rings (SSSR count). The molecule has 0 bridgehead atoms. The lowest BCUT2D eigenvalue weighted by molar-refractivity contribution is -0.0564. The smallest absolute Gasteiger partial charge is 0.296 e. The number of ether oxygens (including phenoxy) is 2. The number of methoxy groups -OCH3 is 1. The highest BCUT2D eigenvalue weighted by atomic mass is 19.1. The first-order valence-electron chi connectivity index (χ1n) is 9.99. The van der Waals surface area contributed by atoms with E-state index in [1.165, 1.54) is 19.2 Å². The second-order valence-electron chi connectivity index (χ2n) is 7.19. The fraction of sp³-hybridized carbons (Fsp3) is 0.409. The van der Waals surface area contributed by atoms with Crippen molar-refractivity contribution >= 4 is 0 Å². The largest absolute Gasteiger partial charge is 0.490 e. The van der Waals surface area contributed by atoms with Gasteiger partial charge in [-0.3, -0.25) is 9.36 Å². The van der Waals surface area contributed by atoms with Gasteiger partial charge in [0, 0.05) is 12.7 Å². The Kier molecular flexibility index (Phi) is 6.36. The zero-order valence-corrected chi connectivity index (χ0v) is 18.0. The Labute approximate surface area is 175 Å². The number of hydrogen-bond donors (Lipinski definition) is 0. The van der Waals surface area contributed by atoms with Gasteiger partial charge >= 0.3 is 0 Å². The fourth-order valence-corrected chi connectivity index (χ4v) is 3.39. The van der Waals surface area contributed by atoms with Gasteiger partial charge in [0.05, 0.1) is 26.6 Å². The van der Waals surface area contributed by atoms with Gasteiger partial charge in [-0.05, 0) is 31.5 Å². The molecule has 160 valence electrons. The third kappa shape index (κ3) is 4.14. The number of fused-ring (bicyclic) bond motifs is 1. The highest BCUT2D eigenvalue weighted by Gasteiger charge is 2.34. The molecule has 0 N–H and O–H groups in total. The summed E-state index contributed by atoms with van der Waals surface area (Å²) in [7, 11) is 1.45. The van der Waals surface area contributed by atoms with Crippen molar-refractivity contribution in [1.82, 2.24) is 19.1 Å². The van der Waals surface area contributed by atoms with Gasteiger partial charge in [-0.25, -0.2) is 14.4 Å². The summed E-state index contributed by atoms with van der Waals surface area (Å²) >= 11 is 0. The van der Waals surface area contributed by atoms with Gasteiger partial charge < -0.3 is 14.0 Å². The van der Waals surface area contributed by atoms with Gasteiger partial charge in [0.25, 0.3) is 5.56 Å². The van der Waals surface area contributed by atoms with Crippen LogP contribution in [0.25, 0.3) is 11.4 Å². The molecule has 1 aliphatic rings. The van der Waals surface area contributed by atoms with Crippen LogP contribution in [0.5, 0.6) is 5.75 Å². The Morgan fingerprint density at radius 1 is 1.23 bits per heavy atom. The quantitative estimate of drug-likeness (QED) is 0.652.